The monoisotopic (exact) mass is 463 g/mol. The topological polar surface area (TPSA) is 75.9 Å². The molecule has 172 valence electrons. The maximum Gasteiger partial charge on any atom is 0.159 e. The lowest BCUT2D eigenvalue weighted by molar-refractivity contribution is 0.217. The summed E-state index contributed by atoms with van der Waals surface area (Å²) in [5.74, 6) is 0.775. The van der Waals surface area contributed by atoms with Crippen LogP contribution in [-0.2, 0) is 0 Å². The van der Waals surface area contributed by atoms with Gasteiger partial charge in [-0.1, -0.05) is 11.6 Å². The fourth-order valence-electron chi connectivity index (χ4n) is 5.29. The number of benzene rings is 2. The molecule has 2 fully saturated rings. The molecule has 2 aromatic carbocycles. The molecule has 0 atom stereocenters. The zero-order chi connectivity index (χ0) is 22.4. The van der Waals surface area contributed by atoms with Crippen molar-refractivity contribution in [3.63, 3.8) is 0 Å². The number of aromatic amines is 2. The fourth-order valence-corrected chi connectivity index (χ4v) is 5.46. The van der Waals surface area contributed by atoms with Crippen molar-refractivity contribution < 1.29 is 0 Å². The number of anilines is 1. The first kappa shape index (κ1) is 21.0. The summed E-state index contributed by atoms with van der Waals surface area (Å²) < 4.78 is 0. The largest absolute Gasteiger partial charge is 0.371 e. The third-order valence-electron chi connectivity index (χ3n) is 7.26. The van der Waals surface area contributed by atoms with Gasteiger partial charge < -0.3 is 20.1 Å². The Morgan fingerprint density at radius 3 is 2.48 bits per heavy atom. The van der Waals surface area contributed by atoms with Crippen LogP contribution in [0.1, 0.15) is 25.7 Å². The quantitative estimate of drug-likeness (QED) is 0.418. The molecule has 7 nitrogen and oxygen atoms in total. The number of imidazole rings is 1. The molecule has 2 aromatic heterocycles. The van der Waals surface area contributed by atoms with Gasteiger partial charge in [-0.25, -0.2) is 4.98 Å². The zero-order valence-corrected chi connectivity index (χ0v) is 19.7. The molecule has 0 unspecified atom stereocenters. The standard InChI is InChI=1S/C25H30ClN7/c1-32-10-6-17(7-11-32)27-18-8-12-33(13-9-18)19-3-5-21-23(15-19)29-25(28-21)24-20-4-2-16(26)14-22(20)30-31-24/h2-5,14-15,17-18,27H,6-13H2,1H3,(H,28,29)(H,30,31). The van der Waals surface area contributed by atoms with Gasteiger partial charge in [0.25, 0.3) is 0 Å². The predicted molar refractivity (Wildman–Crippen MR) is 135 cm³/mol. The van der Waals surface area contributed by atoms with Crippen molar-refractivity contribution in [2.45, 2.75) is 37.8 Å². The maximum atomic E-state index is 6.11. The first-order valence-corrected chi connectivity index (χ1v) is 12.3. The second-order valence-corrected chi connectivity index (χ2v) is 9.99. The van der Waals surface area contributed by atoms with Gasteiger partial charge in [-0.15, -0.1) is 0 Å². The minimum atomic E-state index is 0.638. The molecule has 8 heteroatoms. The summed E-state index contributed by atoms with van der Waals surface area (Å²) in [4.78, 5) is 13.2. The van der Waals surface area contributed by atoms with Gasteiger partial charge in [0.05, 0.1) is 16.6 Å². The first-order valence-electron chi connectivity index (χ1n) is 12.0. The van der Waals surface area contributed by atoms with Gasteiger partial charge >= 0.3 is 0 Å². The summed E-state index contributed by atoms with van der Waals surface area (Å²) in [6.45, 7) is 4.60. The minimum absolute atomic E-state index is 0.638. The Morgan fingerprint density at radius 1 is 0.939 bits per heavy atom. The van der Waals surface area contributed by atoms with Gasteiger partial charge in [-0.05, 0) is 82.2 Å². The Labute approximate surface area is 198 Å². The number of fused-ring (bicyclic) bond motifs is 2. The Balaban J connectivity index is 1.15. The normalized spacial score (nSPS) is 19.2. The number of aromatic nitrogens is 4. The van der Waals surface area contributed by atoms with Crippen LogP contribution in [0.2, 0.25) is 5.02 Å². The molecule has 2 saturated heterocycles. The first-order chi connectivity index (χ1) is 16.1. The van der Waals surface area contributed by atoms with Crippen LogP contribution >= 0.6 is 11.6 Å². The highest BCUT2D eigenvalue weighted by molar-refractivity contribution is 6.31. The molecule has 0 spiro atoms. The Hall–Kier alpha value is -2.61. The molecule has 4 heterocycles. The van der Waals surface area contributed by atoms with Crippen LogP contribution in [0.15, 0.2) is 36.4 Å². The fraction of sp³-hybridized carbons (Fsp3) is 0.440. The van der Waals surface area contributed by atoms with Gasteiger partial charge in [-0.3, -0.25) is 5.10 Å². The highest BCUT2D eigenvalue weighted by atomic mass is 35.5. The van der Waals surface area contributed by atoms with E-state index in [0.29, 0.717) is 17.1 Å². The average molecular weight is 464 g/mol. The number of nitrogens with zero attached hydrogens (tertiary/aromatic N) is 4. The van der Waals surface area contributed by atoms with Crippen molar-refractivity contribution in [2.75, 3.05) is 38.1 Å². The Bertz CT molecular complexity index is 1260. The SMILES string of the molecule is CN1CCC(NC2CCN(c3ccc4nc(-c5n[nH]c6cc(Cl)ccc56)[nH]c4c3)CC2)CC1. The lowest BCUT2D eigenvalue weighted by Crippen LogP contribution is -2.49. The number of hydrogen-bond donors (Lipinski definition) is 3. The molecule has 3 N–H and O–H groups in total. The van der Waals surface area contributed by atoms with Crippen molar-refractivity contribution >= 4 is 39.2 Å². The van der Waals surface area contributed by atoms with Crippen molar-refractivity contribution in [2.24, 2.45) is 0 Å². The molecule has 6 rings (SSSR count). The Morgan fingerprint density at radius 2 is 1.70 bits per heavy atom. The molecular weight excluding hydrogens is 434 g/mol. The summed E-state index contributed by atoms with van der Waals surface area (Å²) in [7, 11) is 2.22. The summed E-state index contributed by atoms with van der Waals surface area (Å²) in [6, 6.07) is 13.6. The van der Waals surface area contributed by atoms with Crippen LogP contribution in [0.5, 0.6) is 0 Å². The maximum absolute atomic E-state index is 6.11. The minimum Gasteiger partial charge on any atom is -0.371 e. The Kier molecular flexibility index (Phi) is 5.48. The second kappa shape index (κ2) is 8.63. The highest BCUT2D eigenvalue weighted by Crippen LogP contribution is 2.30. The number of hydrogen-bond acceptors (Lipinski definition) is 5. The van der Waals surface area contributed by atoms with E-state index in [1.54, 1.807) is 0 Å². The zero-order valence-electron chi connectivity index (χ0n) is 18.9. The van der Waals surface area contributed by atoms with E-state index in [0.717, 1.165) is 46.5 Å². The molecule has 0 aliphatic carbocycles. The van der Waals surface area contributed by atoms with Crippen molar-refractivity contribution in [3.8, 4) is 11.5 Å². The molecule has 4 aromatic rings. The second-order valence-electron chi connectivity index (χ2n) is 9.55. The van der Waals surface area contributed by atoms with E-state index < -0.39 is 0 Å². The molecule has 0 bridgehead atoms. The molecule has 2 aliphatic heterocycles. The van der Waals surface area contributed by atoms with Crippen LogP contribution < -0.4 is 10.2 Å². The van der Waals surface area contributed by atoms with E-state index in [-0.39, 0.29) is 0 Å². The van der Waals surface area contributed by atoms with Gasteiger partial charge in [0.1, 0.15) is 5.69 Å². The van der Waals surface area contributed by atoms with Crippen LogP contribution in [0, 0.1) is 0 Å². The highest BCUT2D eigenvalue weighted by Gasteiger charge is 2.24. The molecular formula is C25H30ClN7. The number of likely N-dealkylation sites (tertiary alicyclic amines) is 1. The summed E-state index contributed by atoms with van der Waals surface area (Å²) in [5, 5.41) is 13.2. The van der Waals surface area contributed by atoms with E-state index in [9.17, 15) is 0 Å². The number of rotatable bonds is 4. The van der Waals surface area contributed by atoms with Gasteiger partial charge in [0.15, 0.2) is 5.82 Å². The van der Waals surface area contributed by atoms with Crippen LogP contribution in [0.25, 0.3) is 33.5 Å². The van der Waals surface area contributed by atoms with Crippen LogP contribution in [-0.4, -0.2) is 70.4 Å². The smallest absolute Gasteiger partial charge is 0.159 e. The summed E-state index contributed by atoms with van der Waals surface area (Å²) in [5.41, 5.74) is 4.99. The summed E-state index contributed by atoms with van der Waals surface area (Å²) >= 11 is 6.11. The van der Waals surface area contributed by atoms with E-state index in [4.69, 9.17) is 16.6 Å². The van der Waals surface area contributed by atoms with Crippen LogP contribution in [0.4, 0.5) is 5.69 Å². The lowest BCUT2D eigenvalue weighted by Gasteiger charge is -2.37. The van der Waals surface area contributed by atoms with Gasteiger partial charge in [-0.2, -0.15) is 5.10 Å². The van der Waals surface area contributed by atoms with Crippen LogP contribution in [0.3, 0.4) is 0 Å². The lowest BCUT2D eigenvalue weighted by atomic mass is 9.99. The molecule has 2 aliphatic rings. The molecule has 0 radical (unpaired) electrons. The van der Waals surface area contributed by atoms with Crippen molar-refractivity contribution in [3.05, 3.63) is 41.4 Å². The third kappa shape index (κ3) is 4.21. The number of nitrogens with one attached hydrogen (secondary N) is 3. The third-order valence-corrected chi connectivity index (χ3v) is 7.50. The van der Waals surface area contributed by atoms with Gasteiger partial charge in [0, 0.05) is 41.3 Å². The van der Waals surface area contributed by atoms with E-state index in [1.807, 2.05) is 18.2 Å². The number of piperidine rings is 2. The van der Waals surface area contributed by atoms with Crippen molar-refractivity contribution in [1.29, 1.82) is 0 Å². The number of H-pyrrole nitrogens is 2. The van der Waals surface area contributed by atoms with Gasteiger partial charge in [0.2, 0.25) is 0 Å². The van der Waals surface area contributed by atoms with E-state index >= 15 is 0 Å². The van der Waals surface area contributed by atoms with E-state index in [2.05, 4.69) is 55.5 Å². The molecule has 0 amide bonds. The predicted octanol–water partition coefficient (Wildman–Crippen LogP) is 4.41. The summed E-state index contributed by atoms with van der Waals surface area (Å²) in [6.07, 6.45) is 4.93. The molecule has 0 saturated carbocycles. The van der Waals surface area contributed by atoms with E-state index in [1.165, 1.54) is 44.5 Å². The average Bonchev–Trinajstić information content (AvgIpc) is 3.44. The number of halogens is 1. The van der Waals surface area contributed by atoms with Crippen molar-refractivity contribution in [1.82, 2.24) is 30.4 Å². The molecule has 33 heavy (non-hydrogen) atoms.